The van der Waals surface area contributed by atoms with Gasteiger partial charge < -0.3 is 10.1 Å². The number of amides is 2. The topological polar surface area (TPSA) is 114 Å². The standard InChI is InChI=1S/C22H22N4O5S/c1-4-10-25-21(28)19(32-22(25)23-15-7-5-6-14(2)11-15)13-20(27)24-17-9-8-16(31-3)12-18(17)26(29)30/h4-9,11-12,19H,1,10,13H2,2-3H3,(H,24,27). The summed E-state index contributed by atoms with van der Waals surface area (Å²) in [6.45, 7) is 5.90. The van der Waals surface area contributed by atoms with E-state index in [1.54, 1.807) is 6.08 Å². The molecule has 9 nitrogen and oxygen atoms in total. The highest BCUT2D eigenvalue weighted by Gasteiger charge is 2.38. The van der Waals surface area contributed by atoms with E-state index in [2.05, 4.69) is 16.9 Å². The number of rotatable bonds is 8. The molecule has 1 aliphatic heterocycles. The van der Waals surface area contributed by atoms with Gasteiger partial charge in [-0.25, -0.2) is 4.99 Å². The second kappa shape index (κ2) is 10.1. The number of anilines is 1. The van der Waals surface area contributed by atoms with Gasteiger partial charge in [0, 0.05) is 13.0 Å². The van der Waals surface area contributed by atoms with E-state index in [4.69, 9.17) is 4.74 Å². The molecule has 0 aromatic heterocycles. The summed E-state index contributed by atoms with van der Waals surface area (Å²) < 4.78 is 5.00. The minimum atomic E-state index is -0.698. The number of aryl methyl sites for hydroxylation is 1. The lowest BCUT2D eigenvalue weighted by Crippen LogP contribution is -2.33. The fourth-order valence-electron chi connectivity index (χ4n) is 3.09. The third-order valence-corrected chi connectivity index (χ3v) is 5.78. The van der Waals surface area contributed by atoms with E-state index in [0.29, 0.717) is 16.6 Å². The van der Waals surface area contributed by atoms with Crippen molar-refractivity contribution in [2.75, 3.05) is 19.0 Å². The smallest absolute Gasteiger partial charge is 0.296 e. The predicted molar refractivity (Wildman–Crippen MR) is 124 cm³/mol. The lowest BCUT2D eigenvalue weighted by molar-refractivity contribution is -0.384. The Morgan fingerprint density at radius 2 is 2.16 bits per heavy atom. The second-order valence-corrected chi connectivity index (χ2v) is 8.14. The van der Waals surface area contributed by atoms with Gasteiger partial charge in [-0.3, -0.25) is 24.6 Å². The summed E-state index contributed by atoms with van der Waals surface area (Å²) in [7, 11) is 1.39. The number of carbonyl (C=O) groups excluding carboxylic acids is 2. The van der Waals surface area contributed by atoms with Crippen LogP contribution in [-0.2, 0) is 9.59 Å². The number of amidine groups is 1. The molecule has 1 saturated heterocycles. The van der Waals surface area contributed by atoms with Crippen molar-refractivity contribution in [1.29, 1.82) is 0 Å². The molecule has 0 radical (unpaired) electrons. The summed E-state index contributed by atoms with van der Waals surface area (Å²) in [5.74, 6) is -0.478. The molecule has 3 rings (SSSR count). The first-order valence-corrected chi connectivity index (χ1v) is 10.6. The fourth-order valence-corrected chi connectivity index (χ4v) is 4.26. The Balaban J connectivity index is 1.77. The van der Waals surface area contributed by atoms with Gasteiger partial charge in [-0.05, 0) is 36.8 Å². The second-order valence-electron chi connectivity index (χ2n) is 6.97. The molecule has 10 heteroatoms. The maximum absolute atomic E-state index is 12.9. The first-order valence-electron chi connectivity index (χ1n) is 9.69. The normalized spacial score (nSPS) is 16.8. The number of hydrogen-bond acceptors (Lipinski definition) is 7. The van der Waals surface area contributed by atoms with E-state index >= 15 is 0 Å². The van der Waals surface area contributed by atoms with Gasteiger partial charge in [-0.15, -0.1) is 6.58 Å². The molecule has 0 aliphatic carbocycles. The van der Waals surface area contributed by atoms with Gasteiger partial charge in [0.05, 0.1) is 23.8 Å². The maximum Gasteiger partial charge on any atom is 0.296 e. The Labute approximate surface area is 189 Å². The quantitative estimate of drug-likeness (QED) is 0.366. The number of ether oxygens (including phenoxy) is 1. The molecular weight excluding hydrogens is 432 g/mol. The molecule has 2 aromatic carbocycles. The van der Waals surface area contributed by atoms with E-state index < -0.39 is 16.1 Å². The van der Waals surface area contributed by atoms with Crippen LogP contribution in [0.4, 0.5) is 17.1 Å². The van der Waals surface area contributed by atoms with Crippen LogP contribution in [0.2, 0.25) is 0 Å². The van der Waals surface area contributed by atoms with Crippen LogP contribution in [0.15, 0.2) is 60.1 Å². The fraction of sp³-hybridized carbons (Fsp3) is 0.227. The van der Waals surface area contributed by atoms with Crippen molar-refractivity contribution in [2.45, 2.75) is 18.6 Å². The maximum atomic E-state index is 12.9. The Morgan fingerprint density at radius 1 is 1.38 bits per heavy atom. The molecule has 32 heavy (non-hydrogen) atoms. The molecule has 1 unspecified atom stereocenters. The van der Waals surface area contributed by atoms with Crippen molar-refractivity contribution < 1.29 is 19.2 Å². The Morgan fingerprint density at radius 3 is 2.81 bits per heavy atom. The zero-order chi connectivity index (χ0) is 23.3. The SMILES string of the molecule is C=CCN1C(=O)C(CC(=O)Nc2ccc(OC)cc2[N+](=O)[O-])SC1=Nc1cccc(C)c1. The molecule has 0 saturated carbocycles. The van der Waals surface area contributed by atoms with E-state index in [1.165, 1.54) is 42.0 Å². The van der Waals surface area contributed by atoms with E-state index in [1.807, 2.05) is 31.2 Å². The first-order chi connectivity index (χ1) is 15.3. The minimum absolute atomic E-state index is 0.0350. The van der Waals surface area contributed by atoms with Gasteiger partial charge in [0.2, 0.25) is 11.8 Å². The molecule has 1 heterocycles. The number of thioether (sulfide) groups is 1. The summed E-state index contributed by atoms with van der Waals surface area (Å²) in [4.78, 5) is 42.3. The molecule has 1 N–H and O–H groups in total. The van der Waals surface area contributed by atoms with Crippen LogP contribution in [-0.4, -0.2) is 45.7 Å². The molecular formula is C22H22N4O5S. The number of nitro benzene ring substituents is 1. The van der Waals surface area contributed by atoms with Crippen LogP contribution in [0.25, 0.3) is 0 Å². The molecule has 166 valence electrons. The van der Waals surface area contributed by atoms with Crippen molar-refractivity contribution in [1.82, 2.24) is 4.90 Å². The van der Waals surface area contributed by atoms with E-state index in [0.717, 1.165) is 5.56 Å². The van der Waals surface area contributed by atoms with Gasteiger partial charge in [0.15, 0.2) is 5.17 Å². The van der Waals surface area contributed by atoms with Crippen LogP contribution < -0.4 is 10.1 Å². The lowest BCUT2D eigenvalue weighted by atomic mass is 10.2. The van der Waals surface area contributed by atoms with Crippen LogP contribution in [0.5, 0.6) is 5.75 Å². The summed E-state index contributed by atoms with van der Waals surface area (Å²) in [6.07, 6.45) is 1.43. The van der Waals surface area contributed by atoms with Crippen molar-refractivity contribution in [3.8, 4) is 5.75 Å². The highest BCUT2D eigenvalue weighted by Crippen LogP contribution is 2.33. The van der Waals surface area contributed by atoms with Gasteiger partial charge >= 0.3 is 0 Å². The predicted octanol–water partition coefficient (Wildman–Crippen LogP) is 4.06. The van der Waals surface area contributed by atoms with Crippen molar-refractivity contribution in [3.63, 3.8) is 0 Å². The Hall–Kier alpha value is -3.66. The average molecular weight is 455 g/mol. The lowest BCUT2D eigenvalue weighted by Gasteiger charge is -2.14. The van der Waals surface area contributed by atoms with Crippen molar-refractivity contribution in [3.05, 3.63) is 70.8 Å². The van der Waals surface area contributed by atoms with Gasteiger partial charge in [0.25, 0.3) is 5.69 Å². The highest BCUT2D eigenvalue weighted by molar-refractivity contribution is 8.15. The third-order valence-electron chi connectivity index (χ3n) is 4.60. The summed E-state index contributed by atoms with van der Waals surface area (Å²) in [5, 5.41) is 13.6. The van der Waals surface area contributed by atoms with Crippen LogP contribution in [0.3, 0.4) is 0 Å². The van der Waals surface area contributed by atoms with Gasteiger partial charge in [0.1, 0.15) is 16.7 Å². The number of aliphatic imine (C=N–C) groups is 1. The number of hydrogen-bond donors (Lipinski definition) is 1. The molecule has 0 spiro atoms. The largest absolute Gasteiger partial charge is 0.496 e. The summed E-state index contributed by atoms with van der Waals surface area (Å²) >= 11 is 1.19. The molecule has 1 fully saturated rings. The first kappa shape index (κ1) is 23.0. The molecule has 1 atom stereocenters. The molecule has 2 amide bonds. The van der Waals surface area contributed by atoms with E-state index in [9.17, 15) is 19.7 Å². The van der Waals surface area contributed by atoms with Crippen LogP contribution in [0.1, 0.15) is 12.0 Å². The number of carbonyl (C=O) groups is 2. The monoisotopic (exact) mass is 454 g/mol. The Bertz CT molecular complexity index is 1100. The van der Waals surface area contributed by atoms with Crippen LogP contribution in [0, 0.1) is 17.0 Å². The summed E-state index contributed by atoms with van der Waals surface area (Å²) in [5.41, 5.74) is 1.48. The zero-order valence-electron chi connectivity index (χ0n) is 17.6. The molecule has 1 aliphatic rings. The van der Waals surface area contributed by atoms with E-state index in [-0.39, 0.29) is 30.2 Å². The number of nitrogens with zero attached hydrogens (tertiary/aromatic N) is 3. The Kier molecular flexibility index (Phi) is 7.26. The number of nitrogens with one attached hydrogen (secondary N) is 1. The molecule has 0 bridgehead atoms. The number of nitro groups is 1. The van der Waals surface area contributed by atoms with Gasteiger partial charge in [-0.2, -0.15) is 0 Å². The number of benzene rings is 2. The van der Waals surface area contributed by atoms with Crippen molar-refractivity contribution in [2.24, 2.45) is 4.99 Å². The number of methoxy groups -OCH3 is 1. The van der Waals surface area contributed by atoms with Gasteiger partial charge in [-0.1, -0.05) is 30.0 Å². The minimum Gasteiger partial charge on any atom is -0.496 e. The van der Waals surface area contributed by atoms with Crippen LogP contribution >= 0.6 is 11.8 Å². The molecule has 2 aromatic rings. The summed E-state index contributed by atoms with van der Waals surface area (Å²) in [6, 6.07) is 11.7. The average Bonchev–Trinajstić information content (AvgIpc) is 3.03. The van der Waals surface area contributed by atoms with Crippen molar-refractivity contribution >= 4 is 45.8 Å². The zero-order valence-corrected chi connectivity index (χ0v) is 18.4. The third kappa shape index (κ3) is 5.33. The highest BCUT2D eigenvalue weighted by atomic mass is 32.2.